The average molecular weight is 252 g/mol. The molecule has 0 aliphatic rings. The second-order valence-corrected chi connectivity index (χ2v) is 4.51. The first-order valence-electron chi connectivity index (χ1n) is 7.31. The summed E-state index contributed by atoms with van der Waals surface area (Å²) >= 11 is 0. The Hall–Kier alpha value is -1.05. The maximum absolute atomic E-state index is 11.2. The lowest BCUT2D eigenvalue weighted by atomic mass is 10.1. The van der Waals surface area contributed by atoms with Gasteiger partial charge in [0, 0.05) is 6.08 Å². The van der Waals surface area contributed by atoms with Crippen molar-refractivity contribution in [2.75, 3.05) is 6.61 Å². The Labute approximate surface area is 112 Å². The molecule has 0 aliphatic heterocycles. The van der Waals surface area contributed by atoms with Crippen LogP contribution in [0.5, 0.6) is 0 Å². The highest BCUT2D eigenvalue weighted by Crippen LogP contribution is 2.05. The van der Waals surface area contributed by atoms with E-state index < -0.39 is 0 Å². The molecule has 0 N–H and O–H groups in total. The molecular formula is C16H28O2. The van der Waals surface area contributed by atoms with E-state index in [0.717, 1.165) is 19.3 Å². The molecule has 0 rings (SSSR count). The van der Waals surface area contributed by atoms with Crippen LogP contribution in [0, 0.1) is 0 Å². The molecule has 18 heavy (non-hydrogen) atoms. The molecule has 2 nitrogen and oxygen atoms in total. The number of esters is 1. The highest BCUT2D eigenvalue weighted by molar-refractivity contribution is 5.82. The van der Waals surface area contributed by atoms with Crippen molar-refractivity contribution < 1.29 is 9.53 Å². The predicted molar refractivity (Wildman–Crippen MR) is 77.5 cm³/mol. The molecule has 0 fully saturated rings. The van der Waals surface area contributed by atoms with Crippen LogP contribution in [0.2, 0.25) is 0 Å². The molecule has 0 aliphatic carbocycles. The smallest absolute Gasteiger partial charge is 0.330 e. The first-order valence-corrected chi connectivity index (χ1v) is 7.31. The summed E-state index contributed by atoms with van der Waals surface area (Å²) in [5, 5.41) is 0. The molecule has 104 valence electrons. The van der Waals surface area contributed by atoms with Gasteiger partial charge in [-0.2, -0.15) is 0 Å². The third-order valence-corrected chi connectivity index (χ3v) is 2.70. The third kappa shape index (κ3) is 13.0. The van der Waals surface area contributed by atoms with Crippen molar-refractivity contribution >= 4 is 5.97 Å². The van der Waals surface area contributed by atoms with Crippen molar-refractivity contribution in [3.05, 3.63) is 24.3 Å². The fraction of sp³-hybridized carbons (Fsp3) is 0.688. The molecule has 0 aromatic heterocycles. The number of carbonyl (C=O) groups is 1. The first kappa shape index (κ1) is 16.9. The molecule has 0 spiro atoms. The van der Waals surface area contributed by atoms with Gasteiger partial charge in [-0.1, -0.05) is 64.2 Å². The SMILES string of the molecule is CCCCCCCC=CC=CC(=O)OCCCC. The summed E-state index contributed by atoms with van der Waals surface area (Å²) in [6.45, 7) is 4.83. The van der Waals surface area contributed by atoms with Crippen LogP contribution in [-0.4, -0.2) is 12.6 Å². The van der Waals surface area contributed by atoms with E-state index in [1.165, 1.54) is 38.2 Å². The lowest BCUT2D eigenvalue weighted by Crippen LogP contribution is -2.01. The van der Waals surface area contributed by atoms with Crippen molar-refractivity contribution in [2.24, 2.45) is 0 Å². The standard InChI is InChI=1S/C16H28O2/c1-3-5-7-8-9-10-11-12-13-14-16(17)18-15-6-4-2/h11-14H,3-10,15H2,1-2H3. The summed E-state index contributed by atoms with van der Waals surface area (Å²) in [7, 11) is 0. The normalized spacial score (nSPS) is 11.4. The zero-order valence-electron chi connectivity index (χ0n) is 12.0. The van der Waals surface area contributed by atoms with E-state index in [4.69, 9.17) is 4.74 Å². The summed E-state index contributed by atoms with van der Waals surface area (Å²) in [6.07, 6.45) is 16.9. The van der Waals surface area contributed by atoms with E-state index in [1.54, 1.807) is 6.08 Å². The number of rotatable bonds is 11. The summed E-state index contributed by atoms with van der Waals surface area (Å²) in [5.41, 5.74) is 0. The van der Waals surface area contributed by atoms with E-state index in [-0.39, 0.29) is 5.97 Å². The Morgan fingerprint density at radius 1 is 0.944 bits per heavy atom. The topological polar surface area (TPSA) is 26.3 Å². The largest absolute Gasteiger partial charge is 0.463 e. The Morgan fingerprint density at radius 2 is 1.67 bits per heavy atom. The first-order chi connectivity index (χ1) is 8.81. The van der Waals surface area contributed by atoms with Crippen LogP contribution in [-0.2, 0) is 9.53 Å². The van der Waals surface area contributed by atoms with Gasteiger partial charge in [0.25, 0.3) is 0 Å². The van der Waals surface area contributed by atoms with Gasteiger partial charge in [0.05, 0.1) is 6.61 Å². The molecule has 0 unspecified atom stereocenters. The van der Waals surface area contributed by atoms with Gasteiger partial charge in [0.2, 0.25) is 0 Å². The van der Waals surface area contributed by atoms with Gasteiger partial charge in [0.15, 0.2) is 0 Å². The fourth-order valence-electron chi connectivity index (χ4n) is 1.54. The van der Waals surface area contributed by atoms with Crippen LogP contribution in [0.3, 0.4) is 0 Å². The number of ether oxygens (including phenoxy) is 1. The van der Waals surface area contributed by atoms with E-state index in [2.05, 4.69) is 19.9 Å². The number of hydrogen-bond acceptors (Lipinski definition) is 2. The lowest BCUT2D eigenvalue weighted by Gasteiger charge is -1.98. The van der Waals surface area contributed by atoms with Crippen molar-refractivity contribution in [1.82, 2.24) is 0 Å². The van der Waals surface area contributed by atoms with Crippen molar-refractivity contribution in [3.63, 3.8) is 0 Å². The van der Waals surface area contributed by atoms with Crippen molar-refractivity contribution in [2.45, 2.75) is 65.2 Å². The molecule has 0 bridgehead atoms. The monoisotopic (exact) mass is 252 g/mol. The minimum Gasteiger partial charge on any atom is -0.463 e. The Morgan fingerprint density at radius 3 is 2.39 bits per heavy atom. The molecule has 0 amide bonds. The molecule has 0 saturated heterocycles. The van der Waals surface area contributed by atoms with E-state index in [9.17, 15) is 4.79 Å². The van der Waals surface area contributed by atoms with Crippen LogP contribution in [0.25, 0.3) is 0 Å². The third-order valence-electron chi connectivity index (χ3n) is 2.70. The average Bonchev–Trinajstić information content (AvgIpc) is 2.37. The van der Waals surface area contributed by atoms with Crippen LogP contribution < -0.4 is 0 Å². The second-order valence-electron chi connectivity index (χ2n) is 4.51. The minimum atomic E-state index is -0.240. The lowest BCUT2D eigenvalue weighted by molar-refractivity contribution is -0.137. The minimum absolute atomic E-state index is 0.240. The number of carbonyl (C=O) groups excluding carboxylic acids is 1. The second kappa shape index (κ2) is 14.0. The molecular weight excluding hydrogens is 224 g/mol. The van der Waals surface area contributed by atoms with Gasteiger partial charge in [-0.05, 0) is 19.3 Å². The maximum atomic E-state index is 11.2. The maximum Gasteiger partial charge on any atom is 0.330 e. The van der Waals surface area contributed by atoms with Gasteiger partial charge in [0.1, 0.15) is 0 Å². The highest BCUT2D eigenvalue weighted by atomic mass is 16.5. The summed E-state index contributed by atoms with van der Waals surface area (Å²) < 4.78 is 4.99. The Kier molecular flexibility index (Phi) is 13.2. The number of allylic oxidation sites excluding steroid dienone is 3. The van der Waals surface area contributed by atoms with Gasteiger partial charge in [-0.15, -0.1) is 0 Å². The molecule has 0 heterocycles. The molecule has 0 saturated carbocycles. The highest BCUT2D eigenvalue weighted by Gasteiger charge is 1.93. The van der Waals surface area contributed by atoms with Gasteiger partial charge in [-0.3, -0.25) is 0 Å². The number of hydrogen-bond donors (Lipinski definition) is 0. The molecule has 2 heteroatoms. The van der Waals surface area contributed by atoms with Gasteiger partial charge in [-0.25, -0.2) is 4.79 Å². The van der Waals surface area contributed by atoms with Crippen LogP contribution in [0.1, 0.15) is 65.2 Å². The summed E-state index contributed by atoms with van der Waals surface area (Å²) in [6, 6.07) is 0. The summed E-state index contributed by atoms with van der Waals surface area (Å²) in [4.78, 5) is 11.2. The number of unbranched alkanes of at least 4 members (excludes halogenated alkanes) is 6. The van der Waals surface area contributed by atoms with E-state index in [1.807, 2.05) is 6.08 Å². The zero-order chi connectivity index (χ0) is 13.5. The quantitative estimate of drug-likeness (QED) is 0.228. The Balaban J connectivity index is 3.41. The van der Waals surface area contributed by atoms with Crippen LogP contribution >= 0.6 is 0 Å². The van der Waals surface area contributed by atoms with Gasteiger partial charge < -0.3 is 4.74 Å². The predicted octanol–water partition coefficient (Wildman–Crippen LogP) is 4.80. The zero-order valence-corrected chi connectivity index (χ0v) is 12.0. The van der Waals surface area contributed by atoms with E-state index >= 15 is 0 Å². The van der Waals surface area contributed by atoms with E-state index in [0.29, 0.717) is 6.61 Å². The molecule has 0 aromatic rings. The van der Waals surface area contributed by atoms with Gasteiger partial charge >= 0.3 is 5.97 Å². The molecule has 0 radical (unpaired) electrons. The molecule has 0 aromatic carbocycles. The van der Waals surface area contributed by atoms with Crippen molar-refractivity contribution in [1.29, 1.82) is 0 Å². The fourth-order valence-corrected chi connectivity index (χ4v) is 1.54. The van der Waals surface area contributed by atoms with Crippen molar-refractivity contribution in [3.8, 4) is 0 Å². The molecule has 0 atom stereocenters. The van der Waals surface area contributed by atoms with Crippen LogP contribution in [0.4, 0.5) is 0 Å². The summed E-state index contributed by atoms with van der Waals surface area (Å²) in [5.74, 6) is -0.240. The van der Waals surface area contributed by atoms with Crippen LogP contribution in [0.15, 0.2) is 24.3 Å². The Bertz CT molecular complexity index is 241.